The molecular formula is C44H53N3O2. The number of anilines is 3. The van der Waals surface area contributed by atoms with E-state index in [-0.39, 0.29) is 27.4 Å². The van der Waals surface area contributed by atoms with E-state index in [1.807, 2.05) is 6.20 Å². The zero-order chi connectivity index (χ0) is 35.1. The molecule has 0 N–H and O–H groups in total. The van der Waals surface area contributed by atoms with Crippen LogP contribution in [-0.2, 0) is 21.0 Å². The van der Waals surface area contributed by atoms with Crippen molar-refractivity contribution in [3.8, 4) is 11.5 Å². The Morgan fingerprint density at radius 1 is 0.755 bits per heavy atom. The van der Waals surface area contributed by atoms with Gasteiger partial charge in [-0.15, -0.1) is 0 Å². The lowest BCUT2D eigenvalue weighted by atomic mass is 9.72. The van der Waals surface area contributed by atoms with E-state index < -0.39 is 0 Å². The summed E-state index contributed by atoms with van der Waals surface area (Å²) in [6.45, 7) is 24.8. The third-order valence-electron chi connectivity index (χ3n) is 11.4. The maximum absolute atomic E-state index is 6.82. The van der Waals surface area contributed by atoms with E-state index in [1.165, 1.54) is 35.1 Å². The summed E-state index contributed by atoms with van der Waals surface area (Å²) in [7, 11) is 0. The van der Waals surface area contributed by atoms with Gasteiger partial charge in [0.1, 0.15) is 28.5 Å². The molecule has 0 radical (unpaired) electrons. The van der Waals surface area contributed by atoms with Crippen LogP contribution < -0.4 is 9.64 Å². The summed E-state index contributed by atoms with van der Waals surface area (Å²) in [4.78, 5) is 12.5. The molecule has 1 fully saturated rings. The van der Waals surface area contributed by atoms with Crippen LogP contribution >= 0.6 is 0 Å². The molecule has 5 nitrogen and oxygen atoms in total. The molecule has 256 valence electrons. The van der Waals surface area contributed by atoms with Crippen molar-refractivity contribution in [3.63, 3.8) is 0 Å². The van der Waals surface area contributed by atoms with E-state index in [2.05, 4.69) is 148 Å². The van der Waals surface area contributed by atoms with Gasteiger partial charge < -0.3 is 9.47 Å². The molecule has 49 heavy (non-hydrogen) atoms. The number of rotatable bonds is 4. The van der Waals surface area contributed by atoms with Crippen LogP contribution in [0, 0.1) is 6.92 Å². The van der Waals surface area contributed by atoms with Crippen molar-refractivity contribution in [1.82, 2.24) is 4.98 Å². The summed E-state index contributed by atoms with van der Waals surface area (Å²) in [5.41, 5.74) is 8.55. The molecule has 3 heterocycles. The van der Waals surface area contributed by atoms with E-state index in [1.54, 1.807) is 0 Å². The lowest BCUT2D eigenvalue weighted by Crippen LogP contribution is -2.49. The molecule has 0 amide bonds. The Bertz CT molecular complexity index is 1980. The predicted molar refractivity (Wildman–Crippen MR) is 203 cm³/mol. The number of benzene rings is 3. The molecular weight excluding hydrogens is 603 g/mol. The highest BCUT2D eigenvalue weighted by atomic mass is 16.5. The fourth-order valence-electron chi connectivity index (χ4n) is 7.93. The summed E-state index contributed by atoms with van der Waals surface area (Å²) >= 11 is 0. The maximum Gasteiger partial charge on any atom is 0.217 e. The Labute approximate surface area is 293 Å². The van der Waals surface area contributed by atoms with Crippen molar-refractivity contribution in [3.05, 3.63) is 106 Å². The summed E-state index contributed by atoms with van der Waals surface area (Å²) in [5, 5.41) is 0. The number of pyridine rings is 1. The van der Waals surface area contributed by atoms with Gasteiger partial charge >= 0.3 is 0 Å². The first-order chi connectivity index (χ1) is 22.9. The van der Waals surface area contributed by atoms with Crippen molar-refractivity contribution in [1.29, 1.82) is 0 Å². The van der Waals surface area contributed by atoms with Crippen LogP contribution in [0.2, 0.25) is 0 Å². The molecule has 0 unspecified atom stereocenters. The van der Waals surface area contributed by atoms with Crippen molar-refractivity contribution in [2.24, 2.45) is 4.99 Å². The molecule has 1 saturated carbocycles. The monoisotopic (exact) mass is 655 g/mol. The number of aromatic nitrogens is 1. The minimum atomic E-state index is -0.276. The Kier molecular flexibility index (Phi) is 7.63. The van der Waals surface area contributed by atoms with Gasteiger partial charge in [-0.05, 0) is 116 Å². The van der Waals surface area contributed by atoms with Gasteiger partial charge in [0.15, 0.2) is 0 Å². The second-order valence-electron chi connectivity index (χ2n) is 17.7. The van der Waals surface area contributed by atoms with Gasteiger partial charge in [0.2, 0.25) is 5.90 Å². The molecule has 3 aliphatic rings. The molecule has 4 aromatic rings. The van der Waals surface area contributed by atoms with Crippen LogP contribution in [0.1, 0.15) is 128 Å². The molecule has 5 heteroatoms. The second kappa shape index (κ2) is 11.2. The highest BCUT2D eigenvalue weighted by Crippen LogP contribution is 2.52. The Morgan fingerprint density at radius 3 is 2.18 bits per heavy atom. The largest absolute Gasteiger partial charge is 0.469 e. The molecule has 0 spiro atoms. The number of fused-ring (bicyclic) bond motifs is 3. The summed E-state index contributed by atoms with van der Waals surface area (Å²) < 4.78 is 13.5. The highest BCUT2D eigenvalue weighted by Gasteiger charge is 2.53. The van der Waals surface area contributed by atoms with Crippen LogP contribution in [0.3, 0.4) is 0 Å². The second-order valence-corrected chi connectivity index (χ2v) is 17.7. The van der Waals surface area contributed by atoms with Gasteiger partial charge in [-0.3, -0.25) is 4.90 Å². The first-order valence-corrected chi connectivity index (χ1v) is 18.0. The number of hydrogen-bond acceptors (Lipinski definition) is 5. The van der Waals surface area contributed by atoms with Gasteiger partial charge in [0.05, 0.1) is 11.4 Å². The van der Waals surface area contributed by atoms with E-state index in [9.17, 15) is 0 Å². The molecule has 2 aliphatic heterocycles. The minimum absolute atomic E-state index is 0.0402. The average Bonchev–Trinajstić information content (AvgIpc) is 3.31. The fraction of sp³-hybridized carbons (Fsp3) is 0.455. The molecule has 7 rings (SSSR count). The molecule has 2 atom stereocenters. The molecule has 0 bridgehead atoms. The smallest absolute Gasteiger partial charge is 0.217 e. The van der Waals surface area contributed by atoms with Gasteiger partial charge in [0.25, 0.3) is 0 Å². The first kappa shape index (κ1) is 33.4. The normalized spacial score (nSPS) is 22.8. The zero-order valence-corrected chi connectivity index (χ0v) is 31.4. The zero-order valence-electron chi connectivity index (χ0n) is 31.4. The van der Waals surface area contributed by atoms with Crippen molar-refractivity contribution in [2.45, 2.75) is 129 Å². The lowest BCUT2D eigenvalue weighted by molar-refractivity contribution is 0.000923. The number of hydrogen-bond donors (Lipinski definition) is 0. The summed E-state index contributed by atoms with van der Waals surface area (Å²) in [5.74, 6) is 3.25. The summed E-state index contributed by atoms with van der Waals surface area (Å²) in [6.07, 6.45) is 6.34. The van der Waals surface area contributed by atoms with Gasteiger partial charge in [-0.25, -0.2) is 9.98 Å². The molecule has 1 aliphatic carbocycles. The van der Waals surface area contributed by atoms with Gasteiger partial charge in [0, 0.05) is 28.8 Å². The van der Waals surface area contributed by atoms with Gasteiger partial charge in [-0.2, -0.15) is 0 Å². The number of nitrogens with zero attached hydrogens (tertiary/aromatic N) is 3. The SMILES string of the molecule is Cc1cc(Oc2cc(C3=N[C@@]4(C)CCCC[C@]4(C)O3)cc(C(C)(C)C)c2)cc(N2c3ccc(C(C)(C)C)cc3C(C)(C)c3cccnc32)c1. The van der Waals surface area contributed by atoms with E-state index >= 15 is 0 Å². The standard InChI is InChI=1S/C44H53N3O2/c1-28-21-32(47-37-17-16-30(40(2,3)4)26-36(37)42(8,9)35-15-14-20-45-38(35)47)27-33(22-28)48-34-24-29(23-31(25-34)41(5,6)7)39-46-43(10)18-12-13-19-44(43,11)49-39/h14-17,20-27H,12-13,18-19H2,1-11H3/t43-,44-/m0/s1. The highest BCUT2D eigenvalue weighted by molar-refractivity contribution is 5.97. The Morgan fingerprint density at radius 2 is 1.47 bits per heavy atom. The predicted octanol–water partition coefficient (Wildman–Crippen LogP) is 11.8. The third-order valence-corrected chi connectivity index (χ3v) is 11.4. The van der Waals surface area contributed by atoms with Crippen LogP contribution in [0.5, 0.6) is 11.5 Å². The Balaban J connectivity index is 1.31. The van der Waals surface area contributed by atoms with Crippen LogP contribution in [0.25, 0.3) is 0 Å². The fourth-order valence-corrected chi connectivity index (χ4v) is 7.93. The lowest BCUT2D eigenvalue weighted by Gasteiger charge is -2.41. The van der Waals surface area contributed by atoms with Crippen LogP contribution in [0.15, 0.2) is 77.9 Å². The first-order valence-electron chi connectivity index (χ1n) is 18.0. The molecule has 3 aromatic carbocycles. The Hall–Kier alpha value is -4.12. The number of aliphatic imine (C=N–C) groups is 1. The van der Waals surface area contributed by atoms with Crippen molar-refractivity contribution in [2.75, 3.05) is 4.90 Å². The van der Waals surface area contributed by atoms with Crippen LogP contribution in [-0.4, -0.2) is 22.0 Å². The van der Waals surface area contributed by atoms with Crippen molar-refractivity contribution >= 4 is 23.1 Å². The number of aryl methyl sites for hydroxylation is 1. The molecule has 1 aromatic heterocycles. The van der Waals surface area contributed by atoms with Crippen LogP contribution in [0.4, 0.5) is 17.2 Å². The number of ether oxygens (including phenoxy) is 2. The van der Waals surface area contributed by atoms with E-state index in [4.69, 9.17) is 19.5 Å². The van der Waals surface area contributed by atoms with E-state index in [0.29, 0.717) is 0 Å². The maximum atomic E-state index is 6.82. The van der Waals surface area contributed by atoms with Crippen molar-refractivity contribution < 1.29 is 9.47 Å². The topological polar surface area (TPSA) is 47.0 Å². The van der Waals surface area contributed by atoms with E-state index in [0.717, 1.165) is 58.6 Å². The average molecular weight is 656 g/mol. The minimum Gasteiger partial charge on any atom is -0.469 e. The third kappa shape index (κ3) is 5.73. The van der Waals surface area contributed by atoms with Gasteiger partial charge in [-0.1, -0.05) is 80.0 Å². The quantitative estimate of drug-likeness (QED) is 0.219. The molecule has 0 saturated heterocycles. The summed E-state index contributed by atoms with van der Waals surface area (Å²) in [6, 6.07) is 24.2.